The number of nitrogens with one attached hydrogen (secondary N) is 2. The van der Waals surface area contributed by atoms with Gasteiger partial charge in [0.25, 0.3) is 0 Å². The van der Waals surface area contributed by atoms with Crippen LogP contribution in [0.15, 0.2) is 54.6 Å². The van der Waals surface area contributed by atoms with E-state index in [1.165, 1.54) is 6.92 Å². The Kier molecular flexibility index (Phi) is 7.37. The van der Waals surface area contributed by atoms with Crippen LogP contribution in [-0.2, 0) is 27.2 Å². The maximum absolute atomic E-state index is 12.6. The third kappa shape index (κ3) is 6.75. The minimum atomic E-state index is -1.15. The molecule has 2 aromatic rings. The summed E-state index contributed by atoms with van der Waals surface area (Å²) in [4.78, 5) is 35.7. The lowest BCUT2D eigenvalue weighted by Gasteiger charge is -2.21. The maximum Gasteiger partial charge on any atom is 0.326 e. The van der Waals surface area contributed by atoms with Crippen molar-refractivity contribution in [3.05, 3.63) is 70.7 Å². The summed E-state index contributed by atoms with van der Waals surface area (Å²) in [5.41, 5.74) is 1.59. The topological polar surface area (TPSA) is 95.5 Å². The fraction of sp³-hybridized carbons (Fsp3) is 0.250. The predicted molar refractivity (Wildman–Crippen MR) is 102 cm³/mol. The minimum Gasteiger partial charge on any atom is -0.480 e. The van der Waals surface area contributed by atoms with E-state index in [1.807, 2.05) is 30.3 Å². The van der Waals surface area contributed by atoms with Crippen LogP contribution in [-0.4, -0.2) is 35.0 Å². The Morgan fingerprint density at radius 1 is 0.889 bits per heavy atom. The lowest BCUT2D eigenvalue weighted by Crippen LogP contribution is -2.52. The normalized spacial score (nSPS) is 12.7. The number of aliphatic carboxylic acids is 1. The molecule has 0 radical (unpaired) electrons. The average Bonchev–Trinajstić information content (AvgIpc) is 2.62. The largest absolute Gasteiger partial charge is 0.480 e. The molecule has 0 aliphatic carbocycles. The third-order valence-corrected chi connectivity index (χ3v) is 4.20. The number of carboxylic acid groups (broad SMARTS) is 1. The highest BCUT2D eigenvalue weighted by molar-refractivity contribution is 6.30. The summed E-state index contributed by atoms with van der Waals surface area (Å²) in [5, 5.41) is 15.1. The number of rotatable bonds is 8. The van der Waals surface area contributed by atoms with E-state index in [0.717, 1.165) is 11.1 Å². The van der Waals surface area contributed by atoms with Crippen molar-refractivity contribution in [2.75, 3.05) is 0 Å². The first-order valence-electron chi connectivity index (χ1n) is 8.44. The molecule has 0 saturated carbocycles. The molecule has 2 rings (SSSR count). The molecule has 0 aliphatic rings. The molecule has 6 nitrogen and oxygen atoms in total. The van der Waals surface area contributed by atoms with Gasteiger partial charge in [-0.3, -0.25) is 9.59 Å². The van der Waals surface area contributed by atoms with Crippen molar-refractivity contribution in [1.29, 1.82) is 0 Å². The number of carbonyl (C=O) groups excluding carboxylic acids is 2. The summed E-state index contributed by atoms with van der Waals surface area (Å²) in [6.45, 7) is 1.31. The maximum atomic E-state index is 12.6. The van der Waals surface area contributed by atoms with Gasteiger partial charge in [0.2, 0.25) is 11.8 Å². The van der Waals surface area contributed by atoms with Gasteiger partial charge in [0, 0.05) is 24.8 Å². The van der Waals surface area contributed by atoms with E-state index in [4.69, 9.17) is 11.6 Å². The second-order valence-electron chi connectivity index (χ2n) is 6.17. The van der Waals surface area contributed by atoms with Crippen molar-refractivity contribution < 1.29 is 19.5 Å². The van der Waals surface area contributed by atoms with Gasteiger partial charge in [-0.05, 0) is 23.3 Å². The van der Waals surface area contributed by atoms with Crippen LogP contribution in [0.1, 0.15) is 18.1 Å². The van der Waals surface area contributed by atoms with Crippen LogP contribution < -0.4 is 10.6 Å². The molecule has 2 atom stereocenters. The summed E-state index contributed by atoms with van der Waals surface area (Å²) in [7, 11) is 0. The summed E-state index contributed by atoms with van der Waals surface area (Å²) in [6.07, 6.45) is 0.371. The number of hydrogen-bond acceptors (Lipinski definition) is 3. The molecule has 0 saturated heterocycles. The van der Waals surface area contributed by atoms with Gasteiger partial charge < -0.3 is 15.7 Å². The molecule has 142 valence electrons. The first-order chi connectivity index (χ1) is 12.8. The molecule has 0 spiro atoms. The highest BCUT2D eigenvalue weighted by Gasteiger charge is 2.26. The fourth-order valence-electron chi connectivity index (χ4n) is 2.63. The lowest BCUT2D eigenvalue weighted by atomic mass is 10.0. The molecule has 3 N–H and O–H groups in total. The number of benzene rings is 2. The molecule has 0 unspecified atom stereocenters. The molecule has 0 aromatic heterocycles. The highest BCUT2D eigenvalue weighted by Crippen LogP contribution is 2.12. The third-order valence-electron chi connectivity index (χ3n) is 3.94. The van der Waals surface area contributed by atoms with Crippen LogP contribution >= 0.6 is 11.6 Å². The highest BCUT2D eigenvalue weighted by atomic mass is 35.5. The molecule has 0 bridgehead atoms. The second kappa shape index (κ2) is 9.73. The first kappa shape index (κ1) is 20.5. The summed E-state index contributed by atoms with van der Waals surface area (Å²) in [5.74, 6) is -2.06. The van der Waals surface area contributed by atoms with Gasteiger partial charge in [-0.2, -0.15) is 0 Å². The second-order valence-corrected chi connectivity index (χ2v) is 6.61. The molecule has 0 aliphatic heterocycles. The molecule has 0 fully saturated rings. The Morgan fingerprint density at radius 3 is 2.00 bits per heavy atom. The van der Waals surface area contributed by atoms with Crippen molar-refractivity contribution in [1.82, 2.24) is 10.6 Å². The predicted octanol–water partition coefficient (Wildman–Crippen LogP) is 2.20. The van der Waals surface area contributed by atoms with Gasteiger partial charge >= 0.3 is 5.97 Å². The smallest absolute Gasteiger partial charge is 0.326 e. The van der Waals surface area contributed by atoms with Gasteiger partial charge in [0.05, 0.1) is 0 Å². The van der Waals surface area contributed by atoms with Crippen LogP contribution in [0.3, 0.4) is 0 Å². The van der Waals surface area contributed by atoms with Crippen molar-refractivity contribution in [2.24, 2.45) is 0 Å². The minimum absolute atomic E-state index is 0.108. The van der Waals surface area contributed by atoms with Crippen molar-refractivity contribution in [2.45, 2.75) is 31.8 Å². The van der Waals surface area contributed by atoms with E-state index >= 15 is 0 Å². The zero-order valence-corrected chi connectivity index (χ0v) is 15.6. The number of hydrogen-bond donors (Lipinski definition) is 3. The molecule has 2 aromatic carbocycles. The van der Waals surface area contributed by atoms with Gasteiger partial charge in [0.15, 0.2) is 0 Å². The Bertz CT molecular complexity index is 793. The van der Waals surface area contributed by atoms with Crippen LogP contribution in [0.4, 0.5) is 0 Å². The van der Waals surface area contributed by atoms with Crippen molar-refractivity contribution >= 4 is 29.4 Å². The van der Waals surface area contributed by atoms with E-state index < -0.39 is 24.0 Å². The Balaban J connectivity index is 2.10. The van der Waals surface area contributed by atoms with E-state index in [1.54, 1.807) is 24.3 Å². The molecular weight excluding hydrogens is 368 g/mol. The number of carboxylic acids is 1. The molecule has 7 heteroatoms. The van der Waals surface area contributed by atoms with Crippen LogP contribution in [0, 0.1) is 0 Å². The van der Waals surface area contributed by atoms with Crippen LogP contribution in [0.2, 0.25) is 5.02 Å². The first-order valence-corrected chi connectivity index (χ1v) is 8.81. The zero-order chi connectivity index (χ0) is 19.8. The molecule has 2 amide bonds. The van der Waals surface area contributed by atoms with Gasteiger partial charge in [-0.15, -0.1) is 0 Å². The number of halogens is 1. The van der Waals surface area contributed by atoms with E-state index in [2.05, 4.69) is 10.6 Å². The summed E-state index contributed by atoms with van der Waals surface area (Å²) in [6, 6.07) is 13.9. The van der Waals surface area contributed by atoms with E-state index in [-0.39, 0.29) is 18.7 Å². The van der Waals surface area contributed by atoms with Crippen LogP contribution in [0.25, 0.3) is 0 Å². The number of carbonyl (C=O) groups is 3. The summed E-state index contributed by atoms with van der Waals surface area (Å²) < 4.78 is 0. The Labute approximate surface area is 162 Å². The fourth-order valence-corrected chi connectivity index (χ4v) is 2.76. The van der Waals surface area contributed by atoms with Gasteiger partial charge in [0.1, 0.15) is 12.1 Å². The Morgan fingerprint density at radius 2 is 1.44 bits per heavy atom. The van der Waals surface area contributed by atoms with Crippen LogP contribution in [0.5, 0.6) is 0 Å². The standard InChI is InChI=1S/C20H21ClN2O4/c1-13(24)22-17(11-14-5-3-2-4-6-14)19(25)23-18(20(26)27)12-15-7-9-16(21)10-8-15/h2-10,17-18H,11-12H2,1H3,(H,22,24)(H,23,25)(H,26,27)/t17-,18+/m1/s1. The van der Waals surface area contributed by atoms with E-state index in [0.29, 0.717) is 5.02 Å². The monoisotopic (exact) mass is 388 g/mol. The number of amides is 2. The van der Waals surface area contributed by atoms with E-state index in [9.17, 15) is 19.5 Å². The molecule has 0 heterocycles. The van der Waals surface area contributed by atoms with Gasteiger partial charge in [-0.1, -0.05) is 54.1 Å². The summed E-state index contributed by atoms with van der Waals surface area (Å²) >= 11 is 5.84. The van der Waals surface area contributed by atoms with Crippen molar-refractivity contribution in [3.63, 3.8) is 0 Å². The lowest BCUT2D eigenvalue weighted by molar-refractivity contribution is -0.142. The van der Waals surface area contributed by atoms with Gasteiger partial charge in [-0.25, -0.2) is 4.79 Å². The zero-order valence-electron chi connectivity index (χ0n) is 14.8. The molecule has 27 heavy (non-hydrogen) atoms. The molecular formula is C20H21ClN2O4. The quantitative estimate of drug-likeness (QED) is 0.646. The SMILES string of the molecule is CC(=O)N[C@H](Cc1ccccc1)C(=O)N[C@@H](Cc1ccc(Cl)cc1)C(=O)O. The van der Waals surface area contributed by atoms with Crippen molar-refractivity contribution in [3.8, 4) is 0 Å². The Hall–Kier alpha value is -2.86. The average molecular weight is 389 g/mol.